The van der Waals surface area contributed by atoms with Gasteiger partial charge in [0.1, 0.15) is 5.69 Å². The molecule has 0 radical (unpaired) electrons. The zero-order valence-corrected chi connectivity index (χ0v) is 6.49. The molecule has 0 spiro atoms. The van der Waals surface area contributed by atoms with E-state index in [1.54, 1.807) is 16.8 Å². The summed E-state index contributed by atoms with van der Waals surface area (Å²) in [5.74, 6) is 0.356. The van der Waals surface area contributed by atoms with Crippen LogP contribution >= 0.6 is 0 Å². The van der Waals surface area contributed by atoms with Crippen molar-refractivity contribution in [1.82, 2.24) is 19.6 Å². The largest absolute Gasteiger partial charge is 0.409 e. The Bertz CT molecular complexity index is 428. The van der Waals surface area contributed by atoms with Crippen LogP contribution < -0.4 is 5.73 Å². The Morgan fingerprint density at radius 2 is 2.46 bits per heavy atom. The average Bonchev–Trinajstić information content (AvgIpc) is 2.59. The van der Waals surface area contributed by atoms with Crippen LogP contribution in [0.3, 0.4) is 0 Å². The molecule has 0 atom stereocenters. The van der Waals surface area contributed by atoms with Crippen molar-refractivity contribution in [2.75, 3.05) is 0 Å². The lowest BCUT2D eigenvalue weighted by Crippen LogP contribution is -2.13. The second-order valence-corrected chi connectivity index (χ2v) is 2.33. The molecule has 0 aromatic carbocycles. The van der Waals surface area contributed by atoms with E-state index in [0.29, 0.717) is 11.5 Å². The van der Waals surface area contributed by atoms with E-state index >= 15 is 0 Å². The molecule has 66 valence electrons. The highest BCUT2D eigenvalue weighted by molar-refractivity contribution is 5.95. The van der Waals surface area contributed by atoms with Gasteiger partial charge in [0.2, 0.25) is 0 Å². The van der Waals surface area contributed by atoms with E-state index in [1.807, 2.05) is 0 Å². The molecule has 2 heterocycles. The fourth-order valence-corrected chi connectivity index (χ4v) is 0.929. The number of aromatic nitrogens is 4. The lowest BCUT2D eigenvalue weighted by Gasteiger charge is -1.86. The molecule has 0 bridgehead atoms. The molecule has 7 heteroatoms. The Balaban J connectivity index is 2.62. The molecule has 0 aliphatic carbocycles. The number of nitrogens with zero attached hydrogens (tertiary/aromatic N) is 5. The Morgan fingerprint density at radius 1 is 1.62 bits per heavy atom. The van der Waals surface area contributed by atoms with Gasteiger partial charge >= 0.3 is 0 Å². The molecular formula is C6H6N6O. The second kappa shape index (κ2) is 2.70. The van der Waals surface area contributed by atoms with Gasteiger partial charge in [-0.25, -0.2) is 4.98 Å². The van der Waals surface area contributed by atoms with Gasteiger partial charge in [-0.1, -0.05) is 5.16 Å². The molecular weight excluding hydrogens is 172 g/mol. The molecule has 2 aromatic rings. The summed E-state index contributed by atoms with van der Waals surface area (Å²) < 4.78 is 1.63. The lowest BCUT2D eigenvalue weighted by molar-refractivity contribution is 0.318. The van der Waals surface area contributed by atoms with Gasteiger partial charge in [0.05, 0.1) is 6.20 Å². The molecule has 0 unspecified atom stereocenters. The highest BCUT2D eigenvalue weighted by Crippen LogP contribution is 1.99. The summed E-state index contributed by atoms with van der Waals surface area (Å²) >= 11 is 0. The summed E-state index contributed by atoms with van der Waals surface area (Å²) in [5, 5.41) is 18.6. The monoisotopic (exact) mass is 178 g/mol. The molecule has 0 saturated heterocycles. The highest BCUT2D eigenvalue weighted by Gasteiger charge is 2.05. The Kier molecular flexibility index (Phi) is 1.55. The third-order valence-corrected chi connectivity index (χ3v) is 1.52. The summed E-state index contributed by atoms with van der Waals surface area (Å²) in [6.07, 6.45) is 4.79. The summed E-state index contributed by atoms with van der Waals surface area (Å²) in [7, 11) is 0. The van der Waals surface area contributed by atoms with E-state index in [0.717, 1.165) is 0 Å². The van der Waals surface area contributed by atoms with Crippen molar-refractivity contribution in [2.45, 2.75) is 0 Å². The van der Waals surface area contributed by atoms with Crippen molar-refractivity contribution in [2.24, 2.45) is 10.9 Å². The molecule has 2 rings (SSSR count). The van der Waals surface area contributed by atoms with Crippen molar-refractivity contribution in [3.8, 4) is 0 Å². The van der Waals surface area contributed by atoms with Crippen LogP contribution in [-0.2, 0) is 0 Å². The first kappa shape index (κ1) is 7.47. The normalized spacial score (nSPS) is 12.2. The molecule has 0 aliphatic rings. The minimum Gasteiger partial charge on any atom is -0.409 e. The quantitative estimate of drug-likeness (QED) is 0.258. The third-order valence-electron chi connectivity index (χ3n) is 1.52. The van der Waals surface area contributed by atoms with Crippen LogP contribution in [0.5, 0.6) is 0 Å². The van der Waals surface area contributed by atoms with E-state index < -0.39 is 0 Å². The minimum absolute atomic E-state index is 0.0505. The van der Waals surface area contributed by atoms with Gasteiger partial charge < -0.3 is 10.9 Å². The first-order chi connectivity index (χ1) is 6.31. The maximum atomic E-state index is 8.39. The maximum absolute atomic E-state index is 8.39. The molecule has 7 nitrogen and oxygen atoms in total. The minimum atomic E-state index is -0.0505. The van der Waals surface area contributed by atoms with Crippen molar-refractivity contribution >= 4 is 11.6 Å². The molecule has 0 fully saturated rings. The molecule has 3 N–H and O–H groups in total. The first-order valence-electron chi connectivity index (χ1n) is 3.45. The predicted octanol–water partition coefficient (Wildman–Crippen LogP) is -0.781. The number of fused-ring (bicyclic) bond motifs is 1. The smallest absolute Gasteiger partial charge is 0.254 e. The second-order valence-electron chi connectivity index (χ2n) is 2.33. The summed E-state index contributed by atoms with van der Waals surface area (Å²) in [6, 6.07) is 0. The van der Waals surface area contributed by atoms with E-state index in [-0.39, 0.29) is 5.84 Å². The van der Waals surface area contributed by atoms with E-state index in [9.17, 15) is 0 Å². The topological polar surface area (TPSA) is 102 Å². The first-order valence-corrected chi connectivity index (χ1v) is 3.45. The standard InChI is InChI=1S/C6H6N6O/c7-5(11-13)4-3-12-2-1-8-10-6(12)9-4/h1-3,13H,(H2,7,11). The Hall–Kier alpha value is -2.18. The zero-order valence-electron chi connectivity index (χ0n) is 6.49. The van der Waals surface area contributed by atoms with Crippen LogP contribution in [-0.4, -0.2) is 30.6 Å². The molecule has 0 aliphatic heterocycles. The zero-order chi connectivity index (χ0) is 9.26. The Morgan fingerprint density at radius 3 is 3.15 bits per heavy atom. The van der Waals surface area contributed by atoms with Crippen LogP contribution in [0, 0.1) is 0 Å². The number of amidine groups is 1. The number of oxime groups is 1. The van der Waals surface area contributed by atoms with Gasteiger partial charge in [0.15, 0.2) is 5.84 Å². The SMILES string of the molecule is N/C(=N/O)c1cn2ccnnc2n1. The maximum Gasteiger partial charge on any atom is 0.254 e. The van der Waals surface area contributed by atoms with Crippen molar-refractivity contribution < 1.29 is 5.21 Å². The number of hydrogen-bond donors (Lipinski definition) is 2. The number of rotatable bonds is 1. The number of nitrogens with two attached hydrogens (primary N) is 1. The van der Waals surface area contributed by atoms with Gasteiger partial charge in [-0.2, -0.15) is 5.10 Å². The highest BCUT2D eigenvalue weighted by atomic mass is 16.4. The lowest BCUT2D eigenvalue weighted by atomic mass is 10.4. The van der Waals surface area contributed by atoms with Crippen LogP contribution in [0.1, 0.15) is 5.69 Å². The fraction of sp³-hybridized carbons (Fsp3) is 0. The molecule has 2 aromatic heterocycles. The van der Waals surface area contributed by atoms with Gasteiger partial charge in [0, 0.05) is 12.4 Å². The number of hydrogen-bond acceptors (Lipinski definition) is 5. The van der Waals surface area contributed by atoms with Gasteiger partial charge in [0.25, 0.3) is 5.78 Å². The summed E-state index contributed by atoms with van der Waals surface area (Å²) in [5.41, 5.74) is 5.70. The van der Waals surface area contributed by atoms with Crippen LogP contribution in [0.15, 0.2) is 23.7 Å². The van der Waals surface area contributed by atoms with Crippen LogP contribution in [0.4, 0.5) is 0 Å². The van der Waals surface area contributed by atoms with Crippen molar-refractivity contribution in [1.29, 1.82) is 0 Å². The van der Waals surface area contributed by atoms with Crippen LogP contribution in [0.25, 0.3) is 5.78 Å². The molecule has 0 saturated carbocycles. The van der Waals surface area contributed by atoms with Gasteiger partial charge in [-0.15, -0.1) is 5.10 Å². The molecule has 0 amide bonds. The third kappa shape index (κ3) is 1.15. The van der Waals surface area contributed by atoms with Gasteiger partial charge in [-0.05, 0) is 0 Å². The predicted molar refractivity (Wildman–Crippen MR) is 43.3 cm³/mol. The average molecular weight is 178 g/mol. The van der Waals surface area contributed by atoms with Crippen LogP contribution in [0.2, 0.25) is 0 Å². The molecule has 13 heavy (non-hydrogen) atoms. The Labute approximate surface area is 72.5 Å². The van der Waals surface area contributed by atoms with Crippen molar-refractivity contribution in [3.63, 3.8) is 0 Å². The summed E-state index contributed by atoms with van der Waals surface area (Å²) in [4.78, 5) is 3.96. The van der Waals surface area contributed by atoms with Gasteiger partial charge in [-0.3, -0.25) is 4.40 Å². The van der Waals surface area contributed by atoms with E-state index in [1.165, 1.54) is 6.20 Å². The summed E-state index contributed by atoms with van der Waals surface area (Å²) in [6.45, 7) is 0. The van der Waals surface area contributed by atoms with E-state index in [4.69, 9.17) is 10.9 Å². The van der Waals surface area contributed by atoms with Crippen molar-refractivity contribution in [3.05, 3.63) is 24.3 Å². The van der Waals surface area contributed by atoms with E-state index in [2.05, 4.69) is 20.3 Å². The fourth-order valence-electron chi connectivity index (χ4n) is 0.929. The number of imidazole rings is 1.